The molecule has 3 atom stereocenters. The van der Waals surface area contributed by atoms with Crippen molar-refractivity contribution >= 4 is 27.6 Å². The van der Waals surface area contributed by atoms with E-state index < -0.39 is 15.7 Å². The largest absolute Gasteiger partial charge is 0.439 e. The quantitative estimate of drug-likeness (QED) is 0.634. The number of hydrogen-bond donors (Lipinski definition) is 0. The van der Waals surface area contributed by atoms with Gasteiger partial charge in [-0.3, -0.25) is 19.2 Å². The van der Waals surface area contributed by atoms with Crippen LogP contribution in [0.3, 0.4) is 0 Å². The molecule has 1 aromatic heterocycles. The molecule has 1 saturated heterocycles. The van der Waals surface area contributed by atoms with Gasteiger partial charge < -0.3 is 4.42 Å². The van der Waals surface area contributed by atoms with Crippen molar-refractivity contribution in [1.29, 1.82) is 0 Å². The van der Waals surface area contributed by atoms with Crippen LogP contribution < -0.4 is 0 Å². The summed E-state index contributed by atoms with van der Waals surface area (Å²) in [6.45, 7) is 5.29. The summed E-state index contributed by atoms with van der Waals surface area (Å²) in [5.41, 5.74) is 1.04. The second kappa shape index (κ2) is 5.77. The molecule has 2 heterocycles. The average molecular weight is 323 g/mol. The summed E-state index contributed by atoms with van der Waals surface area (Å²) in [6, 6.07) is 4.58. The summed E-state index contributed by atoms with van der Waals surface area (Å²) in [7, 11) is -0.785. The van der Waals surface area contributed by atoms with Crippen LogP contribution in [0, 0.1) is 10.1 Å². The van der Waals surface area contributed by atoms with Crippen LogP contribution in [-0.4, -0.2) is 42.6 Å². The van der Waals surface area contributed by atoms with Crippen LogP contribution in [0.2, 0.25) is 0 Å². The Balaban J connectivity index is 1.82. The fraction of sp³-hybridized carbons (Fsp3) is 0.500. The minimum absolute atomic E-state index is 0.00251. The summed E-state index contributed by atoms with van der Waals surface area (Å²) in [5.74, 6) is 1.18. The van der Waals surface area contributed by atoms with E-state index in [0.29, 0.717) is 29.3 Å². The Morgan fingerprint density at radius 2 is 2.27 bits per heavy atom. The minimum atomic E-state index is -0.785. The molecular weight excluding hydrogens is 306 g/mol. The maximum absolute atomic E-state index is 11.8. The van der Waals surface area contributed by atoms with Crippen LogP contribution in [0.4, 0.5) is 5.69 Å². The molecule has 0 amide bonds. The number of nitro benzene ring substituents is 1. The zero-order chi connectivity index (χ0) is 15.9. The van der Waals surface area contributed by atoms with Crippen molar-refractivity contribution in [2.75, 3.05) is 12.3 Å². The standard InChI is InChI=1S/C14H17N3O4S/c1-9-10(2)22(20)6-5-16(9)8-14-15-12-7-11(17(18)19)3-4-13(12)21-14/h3-4,7,9-10H,5-6,8H2,1-2H3/t9-,10+,22+/m1/s1. The highest BCUT2D eigenvalue weighted by atomic mass is 32.2. The van der Waals surface area contributed by atoms with E-state index in [9.17, 15) is 14.3 Å². The fourth-order valence-corrected chi connectivity index (χ4v) is 4.05. The Kier molecular flexibility index (Phi) is 3.96. The number of non-ortho nitro benzene ring substituents is 1. The Hall–Kier alpha value is -1.80. The molecule has 0 unspecified atom stereocenters. The van der Waals surface area contributed by atoms with Crippen molar-refractivity contribution < 1.29 is 13.5 Å². The SMILES string of the molecule is C[C@@H]1[C@H](C)[S@@](=O)CCN1Cc1nc2cc([N+](=O)[O-])ccc2o1. The molecule has 0 saturated carbocycles. The van der Waals surface area contributed by atoms with Gasteiger partial charge in [0.15, 0.2) is 5.58 Å². The van der Waals surface area contributed by atoms with Gasteiger partial charge in [-0.2, -0.15) is 0 Å². The Labute approximate surface area is 129 Å². The highest BCUT2D eigenvalue weighted by molar-refractivity contribution is 7.85. The Bertz CT molecular complexity index is 745. The zero-order valence-corrected chi connectivity index (χ0v) is 13.2. The Morgan fingerprint density at radius 1 is 1.50 bits per heavy atom. The predicted octanol–water partition coefficient (Wildman–Crippen LogP) is 2.08. The molecule has 22 heavy (non-hydrogen) atoms. The smallest absolute Gasteiger partial charge is 0.271 e. The molecule has 8 heteroatoms. The number of nitrogens with zero attached hydrogens (tertiary/aromatic N) is 3. The molecule has 2 aromatic rings. The summed E-state index contributed by atoms with van der Waals surface area (Å²) in [5, 5.41) is 10.9. The van der Waals surface area contributed by atoms with Crippen LogP contribution in [0.1, 0.15) is 19.7 Å². The van der Waals surface area contributed by atoms with Gasteiger partial charge in [0.1, 0.15) is 5.52 Å². The van der Waals surface area contributed by atoms with Crippen molar-refractivity contribution in [1.82, 2.24) is 9.88 Å². The van der Waals surface area contributed by atoms with Crippen LogP contribution in [0.15, 0.2) is 22.6 Å². The Morgan fingerprint density at radius 3 is 3.00 bits per heavy atom. The van der Waals surface area contributed by atoms with E-state index in [1.807, 2.05) is 6.92 Å². The molecular formula is C14H17N3O4S. The van der Waals surface area contributed by atoms with E-state index in [2.05, 4.69) is 16.8 Å². The highest BCUT2D eigenvalue weighted by Gasteiger charge is 2.30. The summed E-state index contributed by atoms with van der Waals surface area (Å²) in [6.07, 6.45) is 0. The number of hydrogen-bond acceptors (Lipinski definition) is 6. The molecule has 0 spiro atoms. The summed E-state index contributed by atoms with van der Waals surface area (Å²) >= 11 is 0. The van der Waals surface area contributed by atoms with E-state index in [-0.39, 0.29) is 17.0 Å². The van der Waals surface area contributed by atoms with Crippen LogP contribution in [0.25, 0.3) is 11.1 Å². The molecule has 1 fully saturated rings. The monoisotopic (exact) mass is 323 g/mol. The van der Waals surface area contributed by atoms with Gasteiger partial charge in [-0.1, -0.05) is 0 Å². The van der Waals surface area contributed by atoms with E-state index in [1.54, 1.807) is 6.07 Å². The molecule has 1 aromatic carbocycles. The molecule has 7 nitrogen and oxygen atoms in total. The first-order valence-corrected chi connectivity index (χ1v) is 8.49. The van der Waals surface area contributed by atoms with Gasteiger partial charge in [0, 0.05) is 46.5 Å². The number of nitro groups is 1. The number of oxazole rings is 1. The van der Waals surface area contributed by atoms with E-state index in [1.165, 1.54) is 12.1 Å². The van der Waals surface area contributed by atoms with Crippen LogP contribution in [0.5, 0.6) is 0 Å². The highest BCUT2D eigenvalue weighted by Crippen LogP contribution is 2.24. The normalized spacial score (nSPS) is 26.4. The maximum atomic E-state index is 11.8. The van der Waals surface area contributed by atoms with Gasteiger partial charge in [0.2, 0.25) is 5.89 Å². The third-order valence-corrected chi connectivity index (χ3v) is 6.02. The predicted molar refractivity (Wildman–Crippen MR) is 83.0 cm³/mol. The van der Waals surface area contributed by atoms with E-state index >= 15 is 0 Å². The molecule has 0 aliphatic carbocycles. The molecule has 0 N–H and O–H groups in total. The van der Waals surface area contributed by atoms with E-state index in [4.69, 9.17) is 4.42 Å². The molecule has 1 aliphatic heterocycles. The van der Waals surface area contributed by atoms with Crippen molar-refractivity contribution in [2.45, 2.75) is 31.7 Å². The number of fused-ring (bicyclic) bond motifs is 1. The topological polar surface area (TPSA) is 89.5 Å². The molecule has 0 radical (unpaired) electrons. The fourth-order valence-electron chi connectivity index (χ4n) is 2.65. The van der Waals surface area contributed by atoms with Crippen LogP contribution in [-0.2, 0) is 17.3 Å². The first kappa shape index (κ1) is 15.1. The van der Waals surface area contributed by atoms with Gasteiger partial charge in [0.25, 0.3) is 5.69 Å². The molecule has 0 bridgehead atoms. The average Bonchev–Trinajstić information content (AvgIpc) is 2.89. The maximum Gasteiger partial charge on any atom is 0.271 e. The van der Waals surface area contributed by atoms with Crippen LogP contribution >= 0.6 is 0 Å². The number of aromatic nitrogens is 1. The molecule has 1 aliphatic rings. The van der Waals surface area contributed by atoms with Crippen molar-refractivity contribution in [3.05, 3.63) is 34.2 Å². The first-order chi connectivity index (χ1) is 10.5. The third kappa shape index (κ3) is 2.76. The lowest BCUT2D eigenvalue weighted by molar-refractivity contribution is -0.384. The van der Waals surface area contributed by atoms with Gasteiger partial charge >= 0.3 is 0 Å². The number of benzene rings is 1. The lowest BCUT2D eigenvalue weighted by Crippen LogP contribution is -2.49. The third-order valence-electron chi connectivity index (χ3n) is 4.21. The molecule has 118 valence electrons. The first-order valence-electron chi connectivity index (χ1n) is 7.11. The minimum Gasteiger partial charge on any atom is -0.439 e. The second-order valence-corrected chi connectivity index (χ2v) is 7.43. The van der Waals surface area contributed by atoms with Gasteiger partial charge in [-0.05, 0) is 19.9 Å². The lowest BCUT2D eigenvalue weighted by atomic mass is 10.2. The second-order valence-electron chi connectivity index (χ2n) is 5.52. The summed E-state index contributed by atoms with van der Waals surface area (Å²) < 4.78 is 17.5. The summed E-state index contributed by atoms with van der Waals surface area (Å²) in [4.78, 5) is 16.9. The number of rotatable bonds is 3. The van der Waals surface area contributed by atoms with E-state index in [0.717, 1.165) is 6.54 Å². The van der Waals surface area contributed by atoms with Gasteiger partial charge in [-0.15, -0.1) is 0 Å². The van der Waals surface area contributed by atoms with Gasteiger partial charge in [0.05, 0.1) is 11.5 Å². The van der Waals surface area contributed by atoms with Gasteiger partial charge in [-0.25, -0.2) is 4.98 Å². The van der Waals surface area contributed by atoms with Crippen molar-refractivity contribution in [3.8, 4) is 0 Å². The van der Waals surface area contributed by atoms with Crippen molar-refractivity contribution in [2.24, 2.45) is 0 Å². The zero-order valence-electron chi connectivity index (χ0n) is 12.4. The molecule has 3 rings (SSSR count). The lowest BCUT2D eigenvalue weighted by Gasteiger charge is -2.36. The van der Waals surface area contributed by atoms with Crippen molar-refractivity contribution in [3.63, 3.8) is 0 Å².